The zero-order valence-corrected chi connectivity index (χ0v) is 12.2. The summed E-state index contributed by atoms with van der Waals surface area (Å²) in [5.41, 5.74) is 1.50. The van der Waals surface area contributed by atoms with Crippen molar-refractivity contribution in [3.05, 3.63) is 47.5 Å². The molecular weight excluding hydrogens is 295 g/mol. The summed E-state index contributed by atoms with van der Waals surface area (Å²) in [7, 11) is 0. The molecule has 6 heteroatoms. The van der Waals surface area contributed by atoms with Gasteiger partial charge < -0.3 is 9.52 Å². The molecule has 0 amide bonds. The fraction of sp³-hybridized carbons (Fsp3) is 0.375. The first kappa shape index (κ1) is 16.6. The minimum absolute atomic E-state index is 0.149. The lowest BCUT2D eigenvalue weighted by Gasteiger charge is -2.19. The summed E-state index contributed by atoms with van der Waals surface area (Å²) in [5.74, 6) is 0.764. The van der Waals surface area contributed by atoms with Gasteiger partial charge in [0.05, 0.1) is 19.7 Å². The van der Waals surface area contributed by atoms with Gasteiger partial charge in [0.1, 0.15) is 17.3 Å². The highest BCUT2D eigenvalue weighted by Gasteiger charge is 2.15. The first-order valence-corrected chi connectivity index (χ1v) is 6.96. The van der Waals surface area contributed by atoms with Crippen LogP contribution in [0.4, 0.5) is 13.2 Å². The molecule has 0 aliphatic rings. The SMILES string of the molecule is Cc1cc(F)ccc1-c1ccc(CN(CCO)CC(F)F)o1. The fourth-order valence-electron chi connectivity index (χ4n) is 2.30. The Bertz CT molecular complexity index is 613. The van der Waals surface area contributed by atoms with Crippen LogP contribution in [0.25, 0.3) is 11.3 Å². The molecule has 0 fully saturated rings. The number of rotatable bonds is 7. The molecule has 1 aromatic carbocycles. The summed E-state index contributed by atoms with van der Waals surface area (Å²) >= 11 is 0. The summed E-state index contributed by atoms with van der Waals surface area (Å²) in [6, 6.07) is 7.81. The average Bonchev–Trinajstić information content (AvgIpc) is 2.86. The summed E-state index contributed by atoms with van der Waals surface area (Å²) < 4.78 is 43.7. The van der Waals surface area contributed by atoms with E-state index in [0.29, 0.717) is 11.5 Å². The topological polar surface area (TPSA) is 36.6 Å². The zero-order chi connectivity index (χ0) is 16.1. The van der Waals surface area contributed by atoms with E-state index in [9.17, 15) is 13.2 Å². The van der Waals surface area contributed by atoms with Crippen LogP contribution in [-0.4, -0.2) is 36.1 Å². The van der Waals surface area contributed by atoms with Crippen LogP contribution in [0.3, 0.4) is 0 Å². The van der Waals surface area contributed by atoms with Crippen LogP contribution < -0.4 is 0 Å². The van der Waals surface area contributed by atoms with Crippen LogP contribution in [-0.2, 0) is 6.54 Å². The highest BCUT2D eigenvalue weighted by molar-refractivity contribution is 5.62. The third-order valence-electron chi connectivity index (χ3n) is 3.31. The van der Waals surface area contributed by atoms with Gasteiger partial charge >= 0.3 is 0 Å². The van der Waals surface area contributed by atoms with Crippen LogP contribution in [0.5, 0.6) is 0 Å². The average molecular weight is 313 g/mol. The number of aliphatic hydroxyl groups excluding tert-OH is 1. The number of halogens is 3. The minimum atomic E-state index is -2.47. The normalized spacial score (nSPS) is 11.6. The molecule has 22 heavy (non-hydrogen) atoms. The molecule has 3 nitrogen and oxygen atoms in total. The largest absolute Gasteiger partial charge is 0.460 e. The molecule has 0 atom stereocenters. The monoisotopic (exact) mass is 313 g/mol. The Balaban J connectivity index is 2.13. The quantitative estimate of drug-likeness (QED) is 0.850. The minimum Gasteiger partial charge on any atom is -0.460 e. The Labute approximate surface area is 127 Å². The maximum atomic E-state index is 13.1. The molecule has 0 aliphatic carbocycles. The van der Waals surface area contributed by atoms with Gasteiger partial charge in [-0.3, -0.25) is 4.90 Å². The number of hydrogen-bond acceptors (Lipinski definition) is 3. The van der Waals surface area contributed by atoms with E-state index < -0.39 is 13.0 Å². The highest BCUT2D eigenvalue weighted by atomic mass is 19.3. The van der Waals surface area contributed by atoms with Crippen molar-refractivity contribution in [1.29, 1.82) is 0 Å². The van der Waals surface area contributed by atoms with Gasteiger partial charge in [-0.25, -0.2) is 13.2 Å². The van der Waals surface area contributed by atoms with Crippen molar-refractivity contribution >= 4 is 0 Å². The predicted octanol–water partition coefficient (Wildman–Crippen LogP) is 3.45. The lowest BCUT2D eigenvalue weighted by molar-refractivity contribution is 0.0713. The van der Waals surface area contributed by atoms with Gasteiger partial charge in [-0.05, 0) is 42.8 Å². The number of alkyl halides is 2. The molecule has 1 aromatic heterocycles. The maximum absolute atomic E-state index is 13.1. The molecule has 0 unspecified atom stereocenters. The number of hydrogen-bond donors (Lipinski definition) is 1. The number of aryl methyl sites for hydroxylation is 1. The van der Waals surface area contributed by atoms with E-state index in [-0.39, 0.29) is 25.5 Å². The second-order valence-corrected chi connectivity index (χ2v) is 5.08. The van der Waals surface area contributed by atoms with Gasteiger partial charge in [0.25, 0.3) is 6.43 Å². The van der Waals surface area contributed by atoms with Crippen LogP contribution >= 0.6 is 0 Å². The van der Waals surface area contributed by atoms with Crippen molar-refractivity contribution in [3.63, 3.8) is 0 Å². The Morgan fingerprint density at radius 3 is 2.64 bits per heavy atom. The molecule has 0 saturated carbocycles. The van der Waals surface area contributed by atoms with Gasteiger partial charge in [0, 0.05) is 12.1 Å². The Hall–Kier alpha value is -1.79. The molecule has 2 rings (SSSR count). The zero-order valence-electron chi connectivity index (χ0n) is 12.2. The number of furan rings is 1. The molecule has 0 radical (unpaired) electrons. The predicted molar refractivity (Wildman–Crippen MR) is 77.2 cm³/mol. The lowest BCUT2D eigenvalue weighted by atomic mass is 10.1. The molecule has 0 saturated heterocycles. The summed E-state index contributed by atoms with van der Waals surface area (Å²) in [4.78, 5) is 1.42. The van der Waals surface area contributed by atoms with E-state index in [0.717, 1.165) is 11.1 Å². The first-order chi connectivity index (χ1) is 10.5. The Morgan fingerprint density at radius 2 is 2.00 bits per heavy atom. The van der Waals surface area contributed by atoms with Crippen LogP contribution in [0.2, 0.25) is 0 Å². The highest BCUT2D eigenvalue weighted by Crippen LogP contribution is 2.26. The third-order valence-corrected chi connectivity index (χ3v) is 3.31. The number of nitrogens with zero attached hydrogens (tertiary/aromatic N) is 1. The standard InChI is InChI=1S/C16H18F3NO2/c1-11-8-12(17)2-4-14(11)15-5-3-13(22-15)9-20(6-7-21)10-16(18)19/h2-5,8,16,21H,6-7,9-10H2,1H3. The Morgan fingerprint density at radius 1 is 1.23 bits per heavy atom. The molecule has 0 aliphatic heterocycles. The van der Waals surface area contributed by atoms with Crippen LogP contribution in [0, 0.1) is 12.7 Å². The van der Waals surface area contributed by atoms with E-state index in [2.05, 4.69) is 0 Å². The van der Waals surface area contributed by atoms with Gasteiger partial charge in [-0.2, -0.15) is 0 Å². The second kappa shape index (κ2) is 7.47. The van der Waals surface area contributed by atoms with E-state index in [1.165, 1.54) is 17.0 Å². The van der Waals surface area contributed by atoms with E-state index in [4.69, 9.17) is 9.52 Å². The van der Waals surface area contributed by atoms with Gasteiger partial charge in [0.15, 0.2) is 0 Å². The second-order valence-electron chi connectivity index (χ2n) is 5.08. The lowest BCUT2D eigenvalue weighted by Crippen LogP contribution is -2.31. The van der Waals surface area contributed by atoms with Crippen molar-refractivity contribution in [3.8, 4) is 11.3 Å². The molecule has 120 valence electrons. The molecular formula is C16H18F3NO2. The van der Waals surface area contributed by atoms with Crippen molar-refractivity contribution in [2.45, 2.75) is 19.9 Å². The van der Waals surface area contributed by atoms with Crippen LogP contribution in [0.15, 0.2) is 34.7 Å². The number of benzene rings is 1. The maximum Gasteiger partial charge on any atom is 0.251 e. The fourth-order valence-corrected chi connectivity index (χ4v) is 2.30. The van der Waals surface area contributed by atoms with Gasteiger partial charge in [0.2, 0.25) is 0 Å². The van der Waals surface area contributed by atoms with Gasteiger partial charge in [-0.15, -0.1) is 0 Å². The van der Waals surface area contributed by atoms with E-state index in [1.807, 2.05) is 0 Å². The van der Waals surface area contributed by atoms with Crippen molar-refractivity contribution in [1.82, 2.24) is 4.90 Å². The summed E-state index contributed by atoms with van der Waals surface area (Å²) in [5, 5.41) is 8.92. The molecule has 0 bridgehead atoms. The first-order valence-electron chi connectivity index (χ1n) is 6.96. The van der Waals surface area contributed by atoms with Crippen molar-refractivity contribution in [2.24, 2.45) is 0 Å². The van der Waals surface area contributed by atoms with E-state index >= 15 is 0 Å². The number of aliphatic hydroxyl groups is 1. The van der Waals surface area contributed by atoms with Crippen molar-refractivity contribution in [2.75, 3.05) is 19.7 Å². The van der Waals surface area contributed by atoms with Gasteiger partial charge in [-0.1, -0.05) is 0 Å². The smallest absolute Gasteiger partial charge is 0.251 e. The van der Waals surface area contributed by atoms with Crippen molar-refractivity contribution < 1.29 is 22.7 Å². The van der Waals surface area contributed by atoms with E-state index in [1.54, 1.807) is 25.1 Å². The molecule has 1 N–H and O–H groups in total. The Kier molecular flexibility index (Phi) is 5.63. The summed E-state index contributed by atoms with van der Waals surface area (Å²) in [6.45, 7) is 1.49. The molecule has 0 spiro atoms. The molecule has 2 aromatic rings. The third kappa shape index (κ3) is 4.35. The van der Waals surface area contributed by atoms with Crippen LogP contribution in [0.1, 0.15) is 11.3 Å². The molecule has 1 heterocycles. The summed E-state index contributed by atoms with van der Waals surface area (Å²) in [6.07, 6.45) is -2.47.